The van der Waals surface area contributed by atoms with Gasteiger partial charge in [0.25, 0.3) is 0 Å². The quantitative estimate of drug-likeness (QED) is 0.0398. The molecule has 0 spiro atoms. The van der Waals surface area contributed by atoms with Gasteiger partial charge in [-0.25, -0.2) is 9.97 Å². The zero-order valence-corrected chi connectivity index (χ0v) is 37.0. The van der Waals surface area contributed by atoms with Crippen LogP contribution in [0.2, 0.25) is 0 Å². The number of carbonyl (C=O) groups is 2. The van der Waals surface area contributed by atoms with E-state index in [1.54, 1.807) is 36.9 Å². The second kappa shape index (κ2) is 21.0. The molecule has 4 aromatic heterocycles. The highest BCUT2D eigenvalue weighted by Crippen LogP contribution is 2.31. The van der Waals surface area contributed by atoms with Crippen molar-refractivity contribution in [1.82, 2.24) is 28.6 Å². The number of esters is 1. The number of carboxylic acids is 1. The van der Waals surface area contributed by atoms with Crippen LogP contribution < -0.4 is 26.2 Å². The van der Waals surface area contributed by atoms with E-state index in [2.05, 4.69) is 58.1 Å². The first kappa shape index (κ1) is 45.9. The van der Waals surface area contributed by atoms with Gasteiger partial charge < -0.3 is 35.4 Å². The number of phenolic OH excluding ortho intramolecular Hbond substituents is 1. The number of nitrogens with zero attached hydrogens (tertiary/aromatic N) is 6. The average Bonchev–Trinajstić information content (AvgIpc) is 3.91. The predicted octanol–water partition coefficient (Wildman–Crippen LogP) is 7.67. The molecule has 15 nitrogen and oxygen atoms in total. The van der Waals surface area contributed by atoms with Crippen LogP contribution in [0.5, 0.6) is 11.5 Å². The molecule has 4 heterocycles. The number of likely N-dealkylation sites (N-methyl/N-ethyl adjacent to an activating group) is 2. The smallest absolute Gasteiger partial charge is 0.311 e. The van der Waals surface area contributed by atoms with Gasteiger partial charge in [0.15, 0.2) is 10.9 Å². The number of rotatable bonds is 17. The highest BCUT2D eigenvalue weighted by molar-refractivity contribution is 6.08. The number of hydrogen-bond donors (Lipinski definition) is 4. The molecular formula is C48H58N8O7. The van der Waals surface area contributed by atoms with E-state index >= 15 is 0 Å². The lowest BCUT2D eigenvalue weighted by Crippen LogP contribution is -2.28. The molecule has 63 heavy (non-hydrogen) atoms. The fourth-order valence-corrected chi connectivity index (χ4v) is 7.86. The maximum Gasteiger partial charge on any atom is 0.311 e. The summed E-state index contributed by atoms with van der Waals surface area (Å²) in [5.74, 6) is -0.534. The summed E-state index contributed by atoms with van der Waals surface area (Å²) >= 11 is 0. The first-order valence-electron chi connectivity index (χ1n) is 21.9. The van der Waals surface area contributed by atoms with E-state index in [0.717, 1.165) is 103 Å². The number of phenols is 1. The van der Waals surface area contributed by atoms with Gasteiger partial charge in [-0.05, 0) is 99.7 Å². The lowest BCUT2D eigenvalue weighted by molar-refractivity contribution is -0.137. The second-order valence-corrected chi connectivity index (χ2v) is 15.3. The normalized spacial score (nSPS) is 11.5. The molecule has 15 heteroatoms. The fraction of sp³-hybridized carbons (Fsp3) is 0.375. The van der Waals surface area contributed by atoms with Gasteiger partial charge in [-0.2, -0.15) is 0 Å². The van der Waals surface area contributed by atoms with Crippen LogP contribution in [0.4, 0.5) is 11.4 Å². The molecule has 8 aromatic rings. The van der Waals surface area contributed by atoms with Crippen molar-refractivity contribution >= 4 is 78.0 Å². The minimum absolute atomic E-state index is 0.0835. The molecule has 0 saturated heterocycles. The Morgan fingerprint density at radius 3 is 1.57 bits per heavy atom. The molecule has 0 fully saturated rings. The van der Waals surface area contributed by atoms with Crippen molar-refractivity contribution in [3.8, 4) is 11.5 Å². The van der Waals surface area contributed by atoms with Crippen molar-refractivity contribution in [3.63, 3.8) is 0 Å². The number of ether oxygens (including phenoxy) is 1. The highest BCUT2D eigenvalue weighted by atomic mass is 16.5. The Kier molecular flexibility index (Phi) is 15.3. The van der Waals surface area contributed by atoms with Gasteiger partial charge in [0.05, 0.1) is 54.6 Å². The Bertz CT molecular complexity index is 2940. The minimum Gasteiger partial charge on any atom is -0.508 e. The van der Waals surface area contributed by atoms with Gasteiger partial charge in [0.2, 0.25) is 0 Å². The molecule has 0 amide bonds. The molecule has 0 aliphatic rings. The second-order valence-electron chi connectivity index (χ2n) is 15.3. The van der Waals surface area contributed by atoms with Gasteiger partial charge >= 0.3 is 11.9 Å². The molecule has 4 N–H and O–H groups in total. The van der Waals surface area contributed by atoms with E-state index < -0.39 is 5.97 Å². The fourth-order valence-electron chi connectivity index (χ4n) is 7.86. The van der Waals surface area contributed by atoms with Crippen LogP contribution in [0.3, 0.4) is 0 Å². The van der Waals surface area contributed by atoms with Crippen LogP contribution in [0, 0.1) is 0 Å². The van der Waals surface area contributed by atoms with Gasteiger partial charge in [0, 0.05) is 50.4 Å². The van der Waals surface area contributed by atoms with Crippen LogP contribution in [-0.4, -0.2) is 103 Å². The van der Waals surface area contributed by atoms with E-state index in [-0.39, 0.29) is 22.6 Å². The van der Waals surface area contributed by atoms with Crippen LogP contribution in [0.25, 0.3) is 54.6 Å². The summed E-state index contributed by atoms with van der Waals surface area (Å²) in [5, 5.41) is 26.8. The first-order valence-corrected chi connectivity index (χ1v) is 21.9. The van der Waals surface area contributed by atoms with Crippen LogP contribution >= 0.6 is 0 Å². The molecule has 0 bridgehead atoms. The topological polar surface area (TPSA) is 183 Å². The molecule has 0 atom stereocenters. The SMILES string of the molecule is CCCC(=O)O.CCCC(=O)Oc1ccc2c(c1)c(=O)c1c(NCCN(CC)CC)ccc3ncn2c31.CCN(CC)CCNc1ccc2ncn3c4ccc(O)cc4c(=O)c1c23. The lowest BCUT2D eigenvalue weighted by Gasteiger charge is -2.19. The number of fused-ring (bicyclic) bond motifs is 4. The molecule has 0 unspecified atom stereocenters. The number of pyridine rings is 2. The third-order valence-electron chi connectivity index (χ3n) is 11.3. The van der Waals surface area contributed by atoms with Crippen molar-refractivity contribution in [2.75, 3.05) is 63.0 Å². The van der Waals surface area contributed by atoms with E-state index in [9.17, 15) is 24.3 Å². The maximum absolute atomic E-state index is 13.6. The zero-order valence-electron chi connectivity index (χ0n) is 37.0. The maximum atomic E-state index is 13.6. The minimum atomic E-state index is -0.711. The monoisotopic (exact) mass is 858 g/mol. The molecule has 0 aliphatic heterocycles. The molecule has 0 aliphatic carbocycles. The van der Waals surface area contributed by atoms with E-state index in [1.165, 1.54) is 6.07 Å². The average molecular weight is 859 g/mol. The molecule has 8 rings (SSSR count). The third kappa shape index (κ3) is 10.1. The van der Waals surface area contributed by atoms with Crippen molar-refractivity contribution in [2.24, 2.45) is 0 Å². The summed E-state index contributed by atoms with van der Waals surface area (Å²) in [6.45, 7) is 19.6. The number of aromatic hydroxyl groups is 1. The first-order chi connectivity index (χ1) is 30.5. The number of anilines is 2. The van der Waals surface area contributed by atoms with Crippen molar-refractivity contribution in [1.29, 1.82) is 0 Å². The lowest BCUT2D eigenvalue weighted by atomic mass is 10.1. The Labute approximate surface area is 365 Å². The number of carbonyl (C=O) groups excluding carboxylic acids is 1. The van der Waals surface area contributed by atoms with E-state index in [0.29, 0.717) is 46.6 Å². The number of aromatic nitrogens is 4. The predicted molar refractivity (Wildman–Crippen MR) is 253 cm³/mol. The van der Waals surface area contributed by atoms with Crippen LogP contribution in [0.1, 0.15) is 67.2 Å². The number of aliphatic carboxylic acids is 1. The summed E-state index contributed by atoms with van der Waals surface area (Å²) in [7, 11) is 0. The van der Waals surface area contributed by atoms with Crippen molar-refractivity contribution < 1.29 is 24.5 Å². The zero-order chi connectivity index (χ0) is 45.2. The Balaban J connectivity index is 0.000000188. The van der Waals surface area contributed by atoms with E-state index in [1.807, 2.05) is 53.0 Å². The van der Waals surface area contributed by atoms with Crippen molar-refractivity contribution in [3.05, 3.63) is 93.8 Å². The standard InChI is InChI=1S/C24H28N4O3.C20H22N4O2.C4H8O2/c1-4-7-21(29)31-16-8-11-20-17(14-16)24(30)22-18(25-12-13-27(5-2)6-3)9-10-19-23(22)28(20)15-26-19;1-3-23(4-2)10-9-21-15-6-7-16-19-18(15)20(26)14-11-13(25)5-8-17(14)24(19)12-22-16;1-2-3-4(5)6/h8-11,14-15,25H,4-7,12-13H2,1-3H3;5-8,11-12,21,25H,3-4,9-10H2,1-2H3;2-3H2,1H3,(H,5,6). The molecular weight excluding hydrogens is 801 g/mol. The number of benzene rings is 4. The summed E-state index contributed by atoms with van der Waals surface area (Å²) in [4.78, 5) is 61.8. The van der Waals surface area contributed by atoms with Gasteiger partial charge in [-0.3, -0.25) is 28.0 Å². The van der Waals surface area contributed by atoms with Crippen LogP contribution in [-0.2, 0) is 9.59 Å². The molecule has 0 saturated carbocycles. The Hall–Kier alpha value is -6.58. The summed E-state index contributed by atoms with van der Waals surface area (Å²) in [5.41, 5.74) is 6.13. The number of hydrogen-bond acceptors (Lipinski definition) is 12. The van der Waals surface area contributed by atoms with E-state index in [4.69, 9.17) is 9.84 Å². The number of nitrogens with one attached hydrogen (secondary N) is 2. The molecule has 4 aromatic carbocycles. The Morgan fingerprint density at radius 2 is 1.13 bits per heavy atom. The van der Waals surface area contributed by atoms with Crippen LogP contribution in [0.15, 0.2) is 82.9 Å². The van der Waals surface area contributed by atoms with Gasteiger partial charge in [-0.1, -0.05) is 41.5 Å². The number of carboxylic acid groups (broad SMARTS) is 1. The summed E-state index contributed by atoms with van der Waals surface area (Å²) < 4.78 is 9.29. The van der Waals surface area contributed by atoms with Crippen molar-refractivity contribution in [2.45, 2.75) is 67.2 Å². The molecule has 332 valence electrons. The Morgan fingerprint density at radius 1 is 0.651 bits per heavy atom. The van der Waals surface area contributed by atoms with Gasteiger partial charge in [0.1, 0.15) is 24.2 Å². The molecule has 0 radical (unpaired) electrons. The summed E-state index contributed by atoms with van der Waals surface area (Å²) in [6.07, 6.45) is 5.55. The number of imidazole rings is 2. The largest absolute Gasteiger partial charge is 0.508 e. The third-order valence-corrected chi connectivity index (χ3v) is 11.3. The van der Waals surface area contributed by atoms with Gasteiger partial charge in [-0.15, -0.1) is 0 Å². The summed E-state index contributed by atoms with van der Waals surface area (Å²) in [6, 6.07) is 17.8. The highest BCUT2D eigenvalue weighted by Gasteiger charge is 2.19.